The van der Waals surface area contributed by atoms with E-state index in [0.717, 1.165) is 24.4 Å². The summed E-state index contributed by atoms with van der Waals surface area (Å²) in [6, 6.07) is 12.4. The highest BCUT2D eigenvalue weighted by Gasteiger charge is 2.29. The number of ether oxygens (including phenoxy) is 1. The molecule has 0 amide bonds. The van der Waals surface area contributed by atoms with E-state index in [9.17, 15) is 0 Å². The first-order valence-corrected chi connectivity index (χ1v) is 6.31. The molecule has 1 N–H and O–H groups in total. The van der Waals surface area contributed by atoms with Crippen LogP contribution in [0.1, 0.15) is 11.3 Å². The molecule has 2 heterocycles. The van der Waals surface area contributed by atoms with Crippen LogP contribution in [0.5, 0.6) is 5.75 Å². The standard InChI is InChI=1S/C15H17NO2/c1-16-13(10-12-6-4-8-17-12)15-9-11-5-2-3-7-14(11)18-15/h2-8,13,15-16H,9-10H2,1H3. The fourth-order valence-corrected chi connectivity index (χ4v) is 2.50. The Hall–Kier alpha value is -1.74. The summed E-state index contributed by atoms with van der Waals surface area (Å²) in [6.07, 6.45) is 3.70. The van der Waals surface area contributed by atoms with Gasteiger partial charge in [0.05, 0.1) is 12.3 Å². The highest BCUT2D eigenvalue weighted by atomic mass is 16.5. The lowest BCUT2D eigenvalue weighted by molar-refractivity contribution is 0.178. The molecule has 3 rings (SSSR count). The molecule has 3 nitrogen and oxygen atoms in total. The number of likely N-dealkylation sites (N-methyl/N-ethyl adjacent to an activating group) is 1. The third-order valence-electron chi connectivity index (χ3n) is 3.49. The first kappa shape index (κ1) is 11.4. The summed E-state index contributed by atoms with van der Waals surface area (Å²) >= 11 is 0. The average molecular weight is 243 g/mol. The van der Waals surface area contributed by atoms with Gasteiger partial charge in [0.25, 0.3) is 0 Å². The molecule has 0 saturated heterocycles. The molecule has 0 aliphatic carbocycles. The average Bonchev–Trinajstić information content (AvgIpc) is 3.04. The highest BCUT2D eigenvalue weighted by molar-refractivity contribution is 5.37. The van der Waals surface area contributed by atoms with E-state index in [-0.39, 0.29) is 12.1 Å². The largest absolute Gasteiger partial charge is 0.488 e. The molecule has 1 aliphatic heterocycles. The van der Waals surface area contributed by atoms with Crippen LogP contribution in [0.25, 0.3) is 0 Å². The Morgan fingerprint density at radius 2 is 2.17 bits per heavy atom. The van der Waals surface area contributed by atoms with Crippen molar-refractivity contribution in [2.24, 2.45) is 0 Å². The van der Waals surface area contributed by atoms with Crippen LogP contribution in [0.3, 0.4) is 0 Å². The summed E-state index contributed by atoms with van der Waals surface area (Å²) < 4.78 is 11.4. The van der Waals surface area contributed by atoms with Crippen molar-refractivity contribution in [2.45, 2.75) is 25.0 Å². The Bertz CT molecular complexity index is 479. The molecule has 0 spiro atoms. The molecule has 18 heavy (non-hydrogen) atoms. The van der Waals surface area contributed by atoms with Gasteiger partial charge in [-0.05, 0) is 30.8 Å². The van der Waals surface area contributed by atoms with E-state index in [1.807, 2.05) is 31.3 Å². The summed E-state index contributed by atoms with van der Waals surface area (Å²) in [7, 11) is 1.97. The molecule has 1 aromatic carbocycles. The minimum Gasteiger partial charge on any atom is -0.488 e. The van der Waals surface area contributed by atoms with Gasteiger partial charge in [0, 0.05) is 12.8 Å². The maximum Gasteiger partial charge on any atom is 0.123 e. The second-order valence-corrected chi connectivity index (χ2v) is 4.65. The first-order valence-electron chi connectivity index (χ1n) is 6.31. The minimum atomic E-state index is 0.178. The van der Waals surface area contributed by atoms with Crippen molar-refractivity contribution in [3.05, 3.63) is 54.0 Å². The van der Waals surface area contributed by atoms with Gasteiger partial charge in [0.2, 0.25) is 0 Å². The van der Waals surface area contributed by atoms with E-state index in [0.29, 0.717) is 0 Å². The van der Waals surface area contributed by atoms with Gasteiger partial charge in [0.15, 0.2) is 0 Å². The number of nitrogens with one attached hydrogen (secondary N) is 1. The van der Waals surface area contributed by atoms with E-state index in [1.54, 1.807) is 6.26 Å². The summed E-state index contributed by atoms with van der Waals surface area (Å²) in [5, 5.41) is 3.33. The molecule has 0 radical (unpaired) electrons. The van der Waals surface area contributed by atoms with Crippen LogP contribution in [0.2, 0.25) is 0 Å². The van der Waals surface area contributed by atoms with Gasteiger partial charge in [-0.15, -0.1) is 0 Å². The quantitative estimate of drug-likeness (QED) is 0.895. The molecule has 94 valence electrons. The third-order valence-corrected chi connectivity index (χ3v) is 3.49. The van der Waals surface area contributed by atoms with Crippen LogP contribution >= 0.6 is 0 Å². The van der Waals surface area contributed by atoms with Crippen LogP contribution in [0.15, 0.2) is 47.1 Å². The molecule has 2 aromatic rings. The molecule has 2 unspecified atom stereocenters. The summed E-state index contributed by atoms with van der Waals surface area (Å²) in [6.45, 7) is 0. The van der Waals surface area contributed by atoms with Crippen LogP contribution in [-0.2, 0) is 12.8 Å². The number of furan rings is 1. The Balaban J connectivity index is 1.71. The van der Waals surface area contributed by atoms with Gasteiger partial charge in [-0.3, -0.25) is 0 Å². The zero-order valence-electron chi connectivity index (χ0n) is 10.4. The topological polar surface area (TPSA) is 34.4 Å². The molecule has 2 atom stereocenters. The van der Waals surface area contributed by atoms with Crippen LogP contribution in [-0.4, -0.2) is 19.2 Å². The summed E-state index contributed by atoms with van der Waals surface area (Å²) in [5.74, 6) is 2.01. The number of fused-ring (bicyclic) bond motifs is 1. The Kier molecular flexibility index (Phi) is 3.07. The first-order chi connectivity index (χ1) is 8.86. The maximum absolute atomic E-state index is 6.00. The fraction of sp³-hybridized carbons (Fsp3) is 0.333. The summed E-state index contributed by atoms with van der Waals surface area (Å²) in [4.78, 5) is 0. The zero-order chi connectivity index (χ0) is 12.4. The van der Waals surface area contributed by atoms with Gasteiger partial charge < -0.3 is 14.5 Å². The Morgan fingerprint density at radius 3 is 2.89 bits per heavy atom. The second kappa shape index (κ2) is 4.86. The summed E-state index contributed by atoms with van der Waals surface area (Å²) in [5.41, 5.74) is 1.29. The van der Waals surface area contributed by atoms with Crippen molar-refractivity contribution in [1.29, 1.82) is 0 Å². The fourth-order valence-electron chi connectivity index (χ4n) is 2.50. The second-order valence-electron chi connectivity index (χ2n) is 4.65. The molecular formula is C15H17NO2. The molecule has 3 heteroatoms. The van der Waals surface area contributed by atoms with Gasteiger partial charge in [-0.25, -0.2) is 0 Å². The zero-order valence-corrected chi connectivity index (χ0v) is 10.4. The number of para-hydroxylation sites is 1. The van der Waals surface area contributed by atoms with Crippen molar-refractivity contribution >= 4 is 0 Å². The van der Waals surface area contributed by atoms with E-state index >= 15 is 0 Å². The predicted molar refractivity (Wildman–Crippen MR) is 69.8 cm³/mol. The van der Waals surface area contributed by atoms with Crippen LogP contribution in [0.4, 0.5) is 0 Å². The number of hydrogen-bond donors (Lipinski definition) is 1. The van der Waals surface area contributed by atoms with E-state index in [2.05, 4.69) is 17.4 Å². The van der Waals surface area contributed by atoms with E-state index < -0.39 is 0 Å². The monoisotopic (exact) mass is 243 g/mol. The molecule has 0 fully saturated rings. The Labute approximate surface area is 107 Å². The van der Waals surface area contributed by atoms with E-state index in [1.165, 1.54) is 5.56 Å². The van der Waals surface area contributed by atoms with Gasteiger partial charge in [0.1, 0.15) is 17.6 Å². The van der Waals surface area contributed by atoms with Crippen LogP contribution in [0, 0.1) is 0 Å². The molecule has 0 saturated carbocycles. The van der Waals surface area contributed by atoms with Crippen LogP contribution < -0.4 is 10.1 Å². The molecular weight excluding hydrogens is 226 g/mol. The number of rotatable bonds is 4. The van der Waals surface area contributed by atoms with Gasteiger partial charge >= 0.3 is 0 Å². The Morgan fingerprint density at radius 1 is 1.28 bits per heavy atom. The van der Waals surface area contributed by atoms with Crippen molar-refractivity contribution in [1.82, 2.24) is 5.32 Å². The lowest BCUT2D eigenvalue weighted by atomic mass is 10.0. The van der Waals surface area contributed by atoms with Crippen molar-refractivity contribution < 1.29 is 9.15 Å². The van der Waals surface area contributed by atoms with Crippen molar-refractivity contribution in [3.63, 3.8) is 0 Å². The molecule has 0 bridgehead atoms. The normalized spacial score (nSPS) is 19.3. The minimum absolute atomic E-state index is 0.178. The highest BCUT2D eigenvalue weighted by Crippen LogP contribution is 2.30. The molecule has 1 aromatic heterocycles. The van der Waals surface area contributed by atoms with Crippen molar-refractivity contribution in [3.8, 4) is 5.75 Å². The predicted octanol–water partition coefficient (Wildman–Crippen LogP) is 2.41. The number of benzene rings is 1. The lowest BCUT2D eigenvalue weighted by Crippen LogP contribution is -2.42. The van der Waals surface area contributed by atoms with Gasteiger partial charge in [-0.2, -0.15) is 0 Å². The molecule has 1 aliphatic rings. The van der Waals surface area contributed by atoms with Crippen molar-refractivity contribution in [2.75, 3.05) is 7.05 Å². The van der Waals surface area contributed by atoms with E-state index in [4.69, 9.17) is 9.15 Å². The lowest BCUT2D eigenvalue weighted by Gasteiger charge is -2.21. The SMILES string of the molecule is CNC(Cc1ccco1)C1Cc2ccccc2O1. The maximum atomic E-state index is 6.00. The number of hydrogen-bond acceptors (Lipinski definition) is 3. The smallest absolute Gasteiger partial charge is 0.123 e. The third kappa shape index (κ3) is 2.14. The van der Waals surface area contributed by atoms with Gasteiger partial charge in [-0.1, -0.05) is 18.2 Å².